The van der Waals surface area contributed by atoms with Gasteiger partial charge in [-0.1, -0.05) is 29.8 Å². The molecule has 1 atom stereocenters. The third-order valence-corrected chi connectivity index (χ3v) is 3.22. The summed E-state index contributed by atoms with van der Waals surface area (Å²) in [5, 5.41) is 9.32. The van der Waals surface area contributed by atoms with E-state index < -0.39 is 5.92 Å². The third kappa shape index (κ3) is 3.99. The molecule has 2 rings (SSSR count). The molecule has 0 fully saturated rings. The van der Waals surface area contributed by atoms with Crippen LogP contribution in [0.3, 0.4) is 0 Å². The van der Waals surface area contributed by atoms with Gasteiger partial charge in [-0.3, -0.25) is 4.79 Å². The lowest BCUT2D eigenvalue weighted by Gasteiger charge is -2.16. The van der Waals surface area contributed by atoms with E-state index in [9.17, 15) is 9.90 Å². The molecule has 4 nitrogen and oxygen atoms in total. The van der Waals surface area contributed by atoms with Gasteiger partial charge in [0.1, 0.15) is 24.0 Å². The van der Waals surface area contributed by atoms with E-state index in [0.29, 0.717) is 5.75 Å². The lowest BCUT2D eigenvalue weighted by molar-refractivity contribution is -0.143. The minimum absolute atomic E-state index is 0.154. The smallest absolute Gasteiger partial charge is 0.316 e. The van der Waals surface area contributed by atoms with Crippen LogP contribution in [0.4, 0.5) is 0 Å². The zero-order valence-corrected chi connectivity index (χ0v) is 12.1. The second-order valence-electron chi connectivity index (χ2n) is 4.79. The number of esters is 1. The van der Waals surface area contributed by atoms with Crippen LogP contribution in [0.5, 0.6) is 11.5 Å². The second kappa shape index (κ2) is 6.79. The average Bonchev–Trinajstić information content (AvgIpc) is 2.50. The van der Waals surface area contributed by atoms with Crippen LogP contribution in [0.1, 0.15) is 17.0 Å². The Hall–Kier alpha value is -2.49. The first-order chi connectivity index (χ1) is 10.1. The van der Waals surface area contributed by atoms with E-state index in [4.69, 9.17) is 9.47 Å². The van der Waals surface area contributed by atoms with Crippen molar-refractivity contribution in [1.82, 2.24) is 0 Å². The zero-order valence-electron chi connectivity index (χ0n) is 12.1. The standard InChI is InChI=1S/C17H18O4/c1-12-3-9-15(10-4-12)21-11-16(17(19)20-2)13-5-7-14(18)8-6-13/h3-10,16,18H,11H2,1-2H3. The Morgan fingerprint density at radius 2 is 1.71 bits per heavy atom. The number of aromatic hydroxyl groups is 1. The molecule has 0 radical (unpaired) electrons. The molecule has 0 saturated heterocycles. The predicted octanol–water partition coefficient (Wildman–Crippen LogP) is 3.04. The quantitative estimate of drug-likeness (QED) is 0.858. The molecule has 2 aromatic carbocycles. The molecule has 0 amide bonds. The van der Waals surface area contributed by atoms with E-state index in [1.807, 2.05) is 31.2 Å². The minimum Gasteiger partial charge on any atom is -0.508 e. The highest BCUT2D eigenvalue weighted by molar-refractivity contribution is 5.78. The SMILES string of the molecule is COC(=O)C(COc1ccc(C)cc1)c1ccc(O)cc1. The van der Waals surface area contributed by atoms with Crippen LogP contribution in [0, 0.1) is 6.92 Å². The van der Waals surface area contributed by atoms with Crippen molar-refractivity contribution < 1.29 is 19.4 Å². The number of carbonyl (C=O) groups is 1. The Morgan fingerprint density at radius 1 is 1.10 bits per heavy atom. The van der Waals surface area contributed by atoms with Gasteiger partial charge in [0.25, 0.3) is 0 Å². The number of ether oxygens (including phenoxy) is 2. The molecule has 110 valence electrons. The Kier molecular flexibility index (Phi) is 4.82. The van der Waals surface area contributed by atoms with Crippen LogP contribution in [-0.4, -0.2) is 24.8 Å². The summed E-state index contributed by atoms with van der Waals surface area (Å²) in [5.41, 5.74) is 1.89. The Bertz CT molecular complexity index is 587. The normalized spacial score (nSPS) is 11.7. The van der Waals surface area contributed by atoms with Gasteiger partial charge in [-0.25, -0.2) is 0 Å². The number of hydrogen-bond acceptors (Lipinski definition) is 4. The van der Waals surface area contributed by atoms with Crippen molar-refractivity contribution >= 4 is 5.97 Å². The summed E-state index contributed by atoms with van der Waals surface area (Å²) >= 11 is 0. The van der Waals surface area contributed by atoms with Gasteiger partial charge in [0.05, 0.1) is 7.11 Å². The van der Waals surface area contributed by atoms with Crippen LogP contribution in [0.2, 0.25) is 0 Å². The Labute approximate surface area is 123 Å². The lowest BCUT2D eigenvalue weighted by Crippen LogP contribution is -2.21. The van der Waals surface area contributed by atoms with E-state index in [0.717, 1.165) is 11.1 Å². The van der Waals surface area contributed by atoms with Crippen LogP contribution >= 0.6 is 0 Å². The topological polar surface area (TPSA) is 55.8 Å². The molecule has 0 saturated carbocycles. The van der Waals surface area contributed by atoms with Gasteiger partial charge in [-0.15, -0.1) is 0 Å². The lowest BCUT2D eigenvalue weighted by atomic mass is 10.00. The Morgan fingerprint density at radius 3 is 2.29 bits per heavy atom. The van der Waals surface area contributed by atoms with Gasteiger partial charge < -0.3 is 14.6 Å². The highest BCUT2D eigenvalue weighted by atomic mass is 16.5. The monoisotopic (exact) mass is 286 g/mol. The van der Waals surface area contributed by atoms with Crippen LogP contribution in [0.25, 0.3) is 0 Å². The van der Waals surface area contributed by atoms with Crippen molar-refractivity contribution in [3.8, 4) is 11.5 Å². The number of phenols is 1. The van der Waals surface area contributed by atoms with Crippen molar-refractivity contribution in [2.75, 3.05) is 13.7 Å². The number of aryl methyl sites for hydroxylation is 1. The van der Waals surface area contributed by atoms with Crippen LogP contribution < -0.4 is 4.74 Å². The molecule has 0 aliphatic heterocycles. The molecule has 1 N–H and O–H groups in total. The fraction of sp³-hybridized carbons (Fsp3) is 0.235. The molecule has 0 aliphatic carbocycles. The molecule has 2 aromatic rings. The molecule has 0 spiro atoms. The summed E-state index contributed by atoms with van der Waals surface area (Å²) in [7, 11) is 1.35. The van der Waals surface area contributed by atoms with Gasteiger partial charge in [0.15, 0.2) is 0 Å². The molecular formula is C17H18O4. The number of phenolic OH excluding ortho intramolecular Hbond substituents is 1. The summed E-state index contributed by atoms with van der Waals surface area (Å²) in [4.78, 5) is 11.9. The van der Waals surface area contributed by atoms with Gasteiger partial charge in [0.2, 0.25) is 0 Å². The highest BCUT2D eigenvalue weighted by Crippen LogP contribution is 2.22. The van der Waals surface area contributed by atoms with Crippen molar-refractivity contribution in [3.05, 3.63) is 59.7 Å². The molecule has 21 heavy (non-hydrogen) atoms. The maximum atomic E-state index is 11.9. The number of hydrogen-bond donors (Lipinski definition) is 1. The summed E-state index contributed by atoms with van der Waals surface area (Å²) < 4.78 is 10.5. The van der Waals surface area contributed by atoms with E-state index in [-0.39, 0.29) is 18.3 Å². The summed E-state index contributed by atoms with van der Waals surface area (Å²) in [6, 6.07) is 14.1. The Balaban J connectivity index is 2.11. The predicted molar refractivity (Wildman–Crippen MR) is 79.5 cm³/mol. The number of rotatable bonds is 5. The second-order valence-corrected chi connectivity index (χ2v) is 4.79. The fourth-order valence-electron chi connectivity index (χ4n) is 1.96. The van der Waals surface area contributed by atoms with Crippen molar-refractivity contribution in [3.63, 3.8) is 0 Å². The number of benzene rings is 2. The van der Waals surface area contributed by atoms with E-state index in [1.165, 1.54) is 19.2 Å². The van der Waals surface area contributed by atoms with Crippen molar-refractivity contribution in [1.29, 1.82) is 0 Å². The first kappa shape index (κ1) is 14.9. The summed E-state index contributed by atoms with van der Waals surface area (Å²) in [6.45, 7) is 2.18. The van der Waals surface area contributed by atoms with Crippen molar-refractivity contribution in [2.24, 2.45) is 0 Å². The van der Waals surface area contributed by atoms with Crippen molar-refractivity contribution in [2.45, 2.75) is 12.8 Å². The molecule has 0 aromatic heterocycles. The molecule has 0 bridgehead atoms. The first-order valence-electron chi connectivity index (χ1n) is 6.66. The fourth-order valence-corrected chi connectivity index (χ4v) is 1.96. The van der Waals surface area contributed by atoms with E-state index in [1.54, 1.807) is 12.1 Å². The largest absolute Gasteiger partial charge is 0.508 e. The zero-order chi connectivity index (χ0) is 15.2. The molecule has 4 heteroatoms. The molecule has 0 aliphatic rings. The summed E-state index contributed by atoms with van der Waals surface area (Å²) in [5.74, 6) is -0.0418. The van der Waals surface area contributed by atoms with Gasteiger partial charge in [-0.2, -0.15) is 0 Å². The van der Waals surface area contributed by atoms with Gasteiger partial charge in [0, 0.05) is 0 Å². The van der Waals surface area contributed by atoms with Crippen LogP contribution in [0.15, 0.2) is 48.5 Å². The highest BCUT2D eigenvalue weighted by Gasteiger charge is 2.22. The number of carbonyl (C=O) groups excluding carboxylic acids is 1. The van der Waals surface area contributed by atoms with Crippen LogP contribution in [-0.2, 0) is 9.53 Å². The maximum absolute atomic E-state index is 11.9. The molecule has 1 unspecified atom stereocenters. The summed E-state index contributed by atoms with van der Waals surface area (Å²) in [6.07, 6.45) is 0. The number of methoxy groups -OCH3 is 1. The van der Waals surface area contributed by atoms with Gasteiger partial charge >= 0.3 is 5.97 Å². The van der Waals surface area contributed by atoms with Gasteiger partial charge in [-0.05, 0) is 36.8 Å². The molecular weight excluding hydrogens is 268 g/mol. The molecule has 0 heterocycles. The maximum Gasteiger partial charge on any atom is 0.316 e. The van der Waals surface area contributed by atoms with E-state index in [2.05, 4.69) is 0 Å². The van der Waals surface area contributed by atoms with E-state index >= 15 is 0 Å². The first-order valence-corrected chi connectivity index (χ1v) is 6.66. The third-order valence-electron chi connectivity index (χ3n) is 3.22. The minimum atomic E-state index is -0.531. The average molecular weight is 286 g/mol.